The molecule has 1 unspecified atom stereocenters. The first kappa shape index (κ1) is 12.6. The van der Waals surface area contributed by atoms with Crippen LogP contribution in [-0.2, 0) is 11.3 Å². The minimum absolute atomic E-state index is 0.0530. The summed E-state index contributed by atoms with van der Waals surface area (Å²) in [5.41, 5.74) is 2.10. The summed E-state index contributed by atoms with van der Waals surface area (Å²) < 4.78 is 2.15. The van der Waals surface area contributed by atoms with Gasteiger partial charge in [0.2, 0.25) is 5.91 Å². The molecule has 0 saturated heterocycles. The molecule has 1 aromatic heterocycles. The third-order valence-electron chi connectivity index (χ3n) is 3.09. The number of imidazole rings is 1. The second-order valence-corrected chi connectivity index (χ2v) is 4.35. The number of carbonyl (C=O) groups is 1. The maximum absolute atomic E-state index is 11.5. The molecule has 1 N–H and O–H groups in total. The average molecular weight is 245 g/mol. The van der Waals surface area contributed by atoms with Gasteiger partial charge in [-0.05, 0) is 26.0 Å². The number of rotatable bonds is 4. The van der Waals surface area contributed by atoms with Crippen LogP contribution in [0.4, 0.5) is 0 Å². The molecule has 0 spiro atoms. The molecule has 0 fully saturated rings. The van der Waals surface area contributed by atoms with Crippen LogP contribution in [0.2, 0.25) is 0 Å². The molecule has 0 aliphatic heterocycles. The Labute approximate surface area is 107 Å². The summed E-state index contributed by atoms with van der Waals surface area (Å²) in [6, 6.07) is 7.98. The summed E-state index contributed by atoms with van der Waals surface area (Å²) in [6.45, 7) is 6.76. The van der Waals surface area contributed by atoms with Crippen LogP contribution in [-0.4, -0.2) is 15.5 Å². The second-order valence-electron chi connectivity index (χ2n) is 4.35. The van der Waals surface area contributed by atoms with Gasteiger partial charge in [-0.2, -0.15) is 0 Å². The van der Waals surface area contributed by atoms with E-state index in [1.54, 1.807) is 0 Å². The standard InChI is InChI=1S/C14H19N3O/c1-4-13(18)15-10(3)14-16-11-8-6-7-9-12(11)17(14)5-2/h6-10H,4-5H2,1-3H3,(H,15,18). The fourth-order valence-electron chi connectivity index (χ4n) is 2.17. The summed E-state index contributed by atoms with van der Waals surface area (Å²) in [7, 11) is 0. The van der Waals surface area contributed by atoms with E-state index in [0.29, 0.717) is 6.42 Å². The smallest absolute Gasteiger partial charge is 0.220 e. The molecule has 0 aliphatic rings. The lowest BCUT2D eigenvalue weighted by atomic mass is 10.3. The van der Waals surface area contributed by atoms with E-state index in [1.165, 1.54) is 0 Å². The molecule has 4 heteroatoms. The Hall–Kier alpha value is -1.84. The van der Waals surface area contributed by atoms with E-state index in [1.807, 2.05) is 32.0 Å². The van der Waals surface area contributed by atoms with E-state index in [4.69, 9.17) is 0 Å². The monoisotopic (exact) mass is 245 g/mol. The summed E-state index contributed by atoms with van der Waals surface area (Å²) in [4.78, 5) is 16.1. The van der Waals surface area contributed by atoms with Crippen molar-refractivity contribution in [2.45, 2.75) is 39.8 Å². The first-order valence-corrected chi connectivity index (χ1v) is 6.41. The summed E-state index contributed by atoms with van der Waals surface area (Å²) >= 11 is 0. The van der Waals surface area contributed by atoms with Gasteiger partial charge < -0.3 is 9.88 Å². The molecule has 1 atom stereocenters. The van der Waals surface area contributed by atoms with Crippen LogP contribution in [0.1, 0.15) is 39.1 Å². The molecule has 0 aliphatic carbocycles. The lowest BCUT2D eigenvalue weighted by Crippen LogP contribution is -2.27. The van der Waals surface area contributed by atoms with E-state index >= 15 is 0 Å². The highest BCUT2D eigenvalue weighted by Gasteiger charge is 2.16. The fraction of sp³-hybridized carbons (Fsp3) is 0.429. The Morgan fingerprint density at radius 3 is 2.78 bits per heavy atom. The van der Waals surface area contributed by atoms with Gasteiger partial charge in [-0.25, -0.2) is 4.98 Å². The largest absolute Gasteiger partial charge is 0.346 e. The van der Waals surface area contributed by atoms with Gasteiger partial charge in [-0.1, -0.05) is 19.1 Å². The number of hydrogen-bond donors (Lipinski definition) is 1. The predicted octanol–water partition coefficient (Wildman–Crippen LogP) is 2.64. The fourth-order valence-corrected chi connectivity index (χ4v) is 2.17. The molecule has 0 radical (unpaired) electrons. The van der Waals surface area contributed by atoms with Crippen molar-refractivity contribution in [1.82, 2.24) is 14.9 Å². The van der Waals surface area contributed by atoms with E-state index in [2.05, 4.69) is 27.9 Å². The molecule has 1 aromatic carbocycles. The van der Waals surface area contributed by atoms with Crippen molar-refractivity contribution in [1.29, 1.82) is 0 Å². The molecule has 2 aromatic rings. The van der Waals surface area contributed by atoms with Crippen molar-refractivity contribution in [3.63, 3.8) is 0 Å². The summed E-state index contributed by atoms with van der Waals surface area (Å²) in [6.07, 6.45) is 0.497. The SMILES string of the molecule is CCC(=O)NC(C)c1nc2ccccc2n1CC. The molecular weight excluding hydrogens is 226 g/mol. The Balaban J connectivity index is 2.40. The number of benzene rings is 1. The van der Waals surface area contributed by atoms with Crippen LogP contribution >= 0.6 is 0 Å². The molecule has 18 heavy (non-hydrogen) atoms. The van der Waals surface area contributed by atoms with Crippen LogP contribution in [0, 0.1) is 0 Å². The predicted molar refractivity (Wildman–Crippen MR) is 72.3 cm³/mol. The maximum atomic E-state index is 11.5. The zero-order valence-corrected chi connectivity index (χ0v) is 11.1. The number of nitrogens with zero attached hydrogens (tertiary/aromatic N) is 2. The number of fused-ring (bicyclic) bond motifs is 1. The summed E-state index contributed by atoms with van der Waals surface area (Å²) in [5, 5.41) is 2.96. The zero-order valence-electron chi connectivity index (χ0n) is 11.1. The van der Waals surface area contributed by atoms with Crippen LogP contribution in [0.5, 0.6) is 0 Å². The van der Waals surface area contributed by atoms with E-state index in [-0.39, 0.29) is 11.9 Å². The second kappa shape index (κ2) is 5.21. The van der Waals surface area contributed by atoms with Crippen LogP contribution in [0.25, 0.3) is 11.0 Å². The van der Waals surface area contributed by atoms with Crippen molar-refractivity contribution in [2.75, 3.05) is 0 Å². The zero-order chi connectivity index (χ0) is 13.1. The molecule has 1 amide bonds. The number of nitrogens with one attached hydrogen (secondary N) is 1. The highest BCUT2D eigenvalue weighted by Crippen LogP contribution is 2.20. The Kier molecular flexibility index (Phi) is 3.65. The minimum Gasteiger partial charge on any atom is -0.346 e. The van der Waals surface area contributed by atoms with Gasteiger partial charge in [0.15, 0.2) is 0 Å². The van der Waals surface area contributed by atoms with Gasteiger partial charge in [-0.15, -0.1) is 0 Å². The number of carbonyl (C=O) groups excluding carboxylic acids is 1. The first-order valence-electron chi connectivity index (χ1n) is 6.41. The molecule has 4 nitrogen and oxygen atoms in total. The van der Waals surface area contributed by atoms with Gasteiger partial charge in [0.05, 0.1) is 17.1 Å². The van der Waals surface area contributed by atoms with Crippen LogP contribution < -0.4 is 5.32 Å². The maximum Gasteiger partial charge on any atom is 0.220 e. The molecule has 0 bridgehead atoms. The number of aromatic nitrogens is 2. The van der Waals surface area contributed by atoms with E-state index in [0.717, 1.165) is 23.4 Å². The first-order chi connectivity index (χ1) is 8.67. The van der Waals surface area contributed by atoms with E-state index in [9.17, 15) is 4.79 Å². The Bertz CT molecular complexity index is 559. The molecule has 2 rings (SSSR count). The van der Waals surface area contributed by atoms with Gasteiger partial charge in [-0.3, -0.25) is 4.79 Å². The normalized spacial score (nSPS) is 12.6. The van der Waals surface area contributed by atoms with Gasteiger partial charge >= 0.3 is 0 Å². The Morgan fingerprint density at radius 1 is 1.39 bits per heavy atom. The van der Waals surface area contributed by atoms with Crippen molar-refractivity contribution < 1.29 is 4.79 Å². The third-order valence-corrected chi connectivity index (χ3v) is 3.09. The number of hydrogen-bond acceptors (Lipinski definition) is 2. The van der Waals surface area contributed by atoms with Gasteiger partial charge in [0.1, 0.15) is 5.82 Å². The lowest BCUT2D eigenvalue weighted by molar-refractivity contribution is -0.121. The molecule has 0 saturated carbocycles. The minimum atomic E-state index is -0.0650. The lowest BCUT2D eigenvalue weighted by Gasteiger charge is -2.14. The highest BCUT2D eigenvalue weighted by atomic mass is 16.1. The van der Waals surface area contributed by atoms with Crippen molar-refractivity contribution in [3.8, 4) is 0 Å². The number of amides is 1. The van der Waals surface area contributed by atoms with Crippen LogP contribution in [0.3, 0.4) is 0 Å². The Morgan fingerprint density at radius 2 is 2.11 bits per heavy atom. The van der Waals surface area contributed by atoms with E-state index < -0.39 is 0 Å². The van der Waals surface area contributed by atoms with Crippen molar-refractivity contribution >= 4 is 16.9 Å². The van der Waals surface area contributed by atoms with Gasteiger partial charge in [0, 0.05) is 13.0 Å². The van der Waals surface area contributed by atoms with Crippen LogP contribution in [0.15, 0.2) is 24.3 Å². The number of aryl methyl sites for hydroxylation is 1. The van der Waals surface area contributed by atoms with Crippen molar-refractivity contribution in [3.05, 3.63) is 30.1 Å². The topological polar surface area (TPSA) is 46.9 Å². The molecule has 96 valence electrons. The average Bonchev–Trinajstić information content (AvgIpc) is 2.77. The van der Waals surface area contributed by atoms with Gasteiger partial charge in [0.25, 0.3) is 0 Å². The highest BCUT2D eigenvalue weighted by molar-refractivity contribution is 5.77. The quantitative estimate of drug-likeness (QED) is 0.900. The molecule has 1 heterocycles. The summed E-state index contributed by atoms with van der Waals surface area (Å²) in [5.74, 6) is 0.970. The van der Waals surface area contributed by atoms with Crippen molar-refractivity contribution in [2.24, 2.45) is 0 Å². The third kappa shape index (κ3) is 2.23. The number of para-hydroxylation sites is 2. The molecular formula is C14H19N3O.